The number of nitrogens with zero attached hydrogens (tertiary/aromatic N) is 4. The molecule has 37 heavy (non-hydrogen) atoms. The fourth-order valence-electron chi connectivity index (χ4n) is 4.04. The van der Waals surface area contributed by atoms with Gasteiger partial charge in [-0.1, -0.05) is 0 Å². The standard InChI is InChI=1S/C23H22F5N5O3S/c1-22(25)10-19(33(13-22)37(35,36)17-6-4-15(24)5-7-17)21(34)30-12-16-9-18(31-32(16)2)14-3-8-20(29-11-14)23(26,27)28/h3-9,11,19H,10,12-13H2,1-2H3,(H,30,34)/t19-,22?/m0/s1. The van der Waals surface area contributed by atoms with Gasteiger partial charge >= 0.3 is 6.18 Å². The van der Waals surface area contributed by atoms with Crippen LogP contribution in [0.2, 0.25) is 0 Å². The minimum absolute atomic E-state index is 0.111. The van der Waals surface area contributed by atoms with Crippen LogP contribution < -0.4 is 5.32 Å². The second-order valence-electron chi connectivity index (χ2n) is 8.93. The highest BCUT2D eigenvalue weighted by molar-refractivity contribution is 7.89. The Bertz CT molecular complexity index is 1400. The molecule has 1 unspecified atom stereocenters. The van der Waals surface area contributed by atoms with E-state index in [2.05, 4.69) is 15.4 Å². The average molecular weight is 544 g/mol. The average Bonchev–Trinajstić information content (AvgIpc) is 3.36. The normalized spacial score (nSPS) is 20.8. The Morgan fingerprint density at radius 1 is 1.19 bits per heavy atom. The molecule has 3 heterocycles. The molecule has 1 amide bonds. The lowest BCUT2D eigenvalue weighted by Crippen LogP contribution is -2.45. The molecule has 0 bridgehead atoms. The summed E-state index contributed by atoms with van der Waals surface area (Å²) >= 11 is 0. The van der Waals surface area contributed by atoms with Crippen LogP contribution in [0.15, 0.2) is 53.6 Å². The molecule has 1 N–H and O–H groups in total. The maximum absolute atomic E-state index is 14.9. The molecule has 1 saturated heterocycles. The number of pyridine rings is 1. The van der Waals surface area contributed by atoms with Crippen molar-refractivity contribution in [3.63, 3.8) is 0 Å². The van der Waals surface area contributed by atoms with Crippen LogP contribution in [0.3, 0.4) is 0 Å². The van der Waals surface area contributed by atoms with E-state index in [-0.39, 0.29) is 17.9 Å². The maximum atomic E-state index is 14.9. The van der Waals surface area contributed by atoms with Gasteiger partial charge in [-0.05, 0) is 49.4 Å². The molecule has 1 aliphatic heterocycles. The Kier molecular flexibility index (Phi) is 6.84. The molecule has 0 aliphatic carbocycles. The molecular formula is C23H22F5N5O3S. The predicted octanol–water partition coefficient (Wildman–Crippen LogP) is 3.45. The van der Waals surface area contributed by atoms with Gasteiger partial charge in [-0.3, -0.25) is 14.5 Å². The van der Waals surface area contributed by atoms with Gasteiger partial charge in [-0.15, -0.1) is 0 Å². The minimum Gasteiger partial charge on any atom is -0.349 e. The number of rotatable bonds is 6. The summed E-state index contributed by atoms with van der Waals surface area (Å²) in [5.41, 5.74) is -1.93. The van der Waals surface area contributed by atoms with Gasteiger partial charge in [0.15, 0.2) is 0 Å². The smallest absolute Gasteiger partial charge is 0.349 e. The number of halogens is 5. The molecule has 0 spiro atoms. The number of hydrogen-bond acceptors (Lipinski definition) is 5. The van der Waals surface area contributed by atoms with Gasteiger partial charge in [0, 0.05) is 31.8 Å². The zero-order valence-corrected chi connectivity index (χ0v) is 20.4. The van der Waals surface area contributed by atoms with Gasteiger partial charge in [0.05, 0.1) is 22.8 Å². The Morgan fingerprint density at radius 3 is 2.46 bits per heavy atom. The van der Waals surface area contributed by atoms with Gasteiger partial charge in [-0.25, -0.2) is 17.2 Å². The summed E-state index contributed by atoms with van der Waals surface area (Å²) in [5, 5.41) is 6.80. The number of carbonyl (C=O) groups is 1. The molecule has 1 aliphatic rings. The van der Waals surface area contributed by atoms with Crippen LogP contribution in [0.25, 0.3) is 11.3 Å². The van der Waals surface area contributed by atoms with Crippen LogP contribution in [-0.4, -0.2) is 51.7 Å². The highest BCUT2D eigenvalue weighted by Gasteiger charge is 2.50. The van der Waals surface area contributed by atoms with Crippen molar-refractivity contribution in [3.8, 4) is 11.3 Å². The van der Waals surface area contributed by atoms with Crippen molar-refractivity contribution in [2.45, 2.75) is 42.7 Å². The molecule has 2 atom stereocenters. The number of hydrogen-bond donors (Lipinski definition) is 1. The number of nitrogens with one attached hydrogen (secondary N) is 1. The summed E-state index contributed by atoms with van der Waals surface area (Å²) in [7, 11) is -2.74. The van der Waals surface area contributed by atoms with Crippen molar-refractivity contribution in [1.29, 1.82) is 0 Å². The van der Waals surface area contributed by atoms with Crippen LogP contribution in [0, 0.1) is 5.82 Å². The molecule has 3 aromatic rings. The van der Waals surface area contributed by atoms with E-state index in [0.717, 1.165) is 40.8 Å². The number of carbonyl (C=O) groups excluding carboxylic acids is 1. The van der Waals surface area contributed by atoms with E-state index in [1.54, 1.807) is 7.05 Å². The Morgan fingerprint density at radius 2 is 1.86 bits per heavy atom. The fourth-order valence-corrected chi connectivity index (χ4v) is 5.74. The Hall–Kier alpha value is -3.39. The highest BCUT2D eigenvalue weighted by Crippen LogP contribution is 2.35. The van der Waals surface area contributed by atoms with Gasteiger partial charge in [0.25, 0.3) is 0 Å². The van der Waals surface area contributed by atoms with Crippen molar-refractivity contribution in [3.05, 3.63) is 65.9 Å². The number of aryl methyl sites for hydroxylation is 1. The second-order valence-corrected chi connectivity index (χ2v) is 10.8. The first-order valence-corrected chi connectivity index (χ1v) is 12.4. The number of aromatic nitrogens is 3. The number of alkyl halides is 4. The fraction of sp³-hybridized carbons (Fsp3) is 0.348. The third-order valence-corrected chi connectivity index (χ3v) is 7.81. The van der Waals surface area contributed by atoms with Crippen LogP contribution >= 0.6 is 0 Å². The molecule has 8 nitrogen and oxygen atoms in total. The topological polar surface area (TPSA) is 97.2 Å². The van der Waals surface area contributed by atoms with E-state index in [0.29, 0.717) is 17.0 Å². The summed E-state index contributed by atoms with van der Waals surface area (Å²) in [6.07, 6.45) is -3.93. The first-order valence-electron chi connectivity index (χ1n) is 11.0. The SMILES string of the molecule is Cn1nc(-c2ccc(C(F)(F)F)nc2)cc1CNC(=O)[C@@H]1CC(C)(F)CN1S(=O)(=O)c1ccc(F)cc1. The van der Waals surface area contributed by atoms with E-state index in [9.17, 15) is 35.2 Å². The molecule has 198 valence electrons. The molecule has 14 heteroatoms. The van der Waals surface area contributed by atoms with E-state index >= 15 is 0 Å². The van der Waals surface area contributed by atoms with Gasteiger partial charge in [-0.2, -0.15) is 22.6 Å². The van der Waals surface area contributed by atoms with E-state index in [1.807, 2.05) is 0 Å². The number of amides is 1. The van der Waals surface area contributed by atoms with E-state index in [4.69, 9.17) is 0 Å². The summed E-state index contributed by atoms with van der Waals surface area (Å²) in [6, 6.07) is 6.23. The van der Waals surface area contributed by atoms with Gasteiger partial charge in [0.2, 0.25) is 15.9 Å². The molecular weight excluding hydrogens is 521 g/mol. The van der Waals surface area contributed by atoms with Gasteiger partial charge < -0.3 is 5.32 Å². The lowest BCUT2D eigenvalue weighted by molar-refractivity contribution is -0.141. The monoisotopic (exact) mass is 543 g/mol. The van der Waals surface area contributed by atoms with Crippen molar-refractivity contribution < 1.29 is 35.2 Å². The molecule has 1 aromatic carbocycles. The molecule has 0 radical (unpaired) electrons. The van der Waals surface area contributed by atoms with E-state index in [1.165, 1.54) is 23.7 Å². The lowest BCUT2D eigenvalue weighted by atomic mass is 10.0. The molecule has 0 saturated carbocycles. The van der Waals surface area contributed by atoms with Crippen molar-refractivity contribution in [1.82, 2.24) is 24.4 Å². The number of sulfonamides is 1. The third kappa shape index (κ3) is 5.64. The minimum atomic E-state index is -4.58. The highest BCUT2D eigenvalue weighted by atomic mass is 32.2. The van der Waals surface area contributed by atoms with Crippen molar-refractivity contribution in [2.75, 3.05) is 6.54 Å². The Labute approximate surface area is 209 Å². The summed E-state index contributed by atoms with van der Waals surface area (Å²) in [5.74, 6) is -1.39. The maximum Gasteiger partial charge on any atom is 0.433 e. The van der Waals surface area contributed by atoms with Crippen molar-refractivity contribution >= 4 is 15.9 Å². The first kappa shape index (κ1) is 26.7. The zero-order chi connectivity index (χ0) is 27.2. The quantitative estimate of drug-likeness (QED) is 0.481. The summed E-state index contributed by atoms with van der Waals surface area (Å²) < 4.78 is 94.7. The zero-order valence-electron chi connectivity index (χ0n) is 19.6. The van der Waals surface area contributed by atoms with Crippen LogP contribution in [-0.2, 0) is 34.6 Å². The number of benzene rings is 1. The molecule has 2 aromatic heterocycles. The van der Waals surface area contributed by atoms with E-state index < -0.39 is 51.9 Å². The lowest BCUT2D eigenvalue weighted by Gasteiger charge is -2.23. The Balaban J connectivity index is 1.50. The van der Waals surface area contributed by atoms with Crippen LogP contribution in [0.5, 0.6) is 0 Å². The molecule has 1 fully saturated rings. The summed E-state index contributed by atoms with van der Waals surface area (Å²) in [6.45, 7) is 0.529. The van der Waals surface area contributed by atoms with Crippen molar-refractivity contribution in [2.24, 2.45) is 7.05 Å². The third-order valence-electron chi connectivity index (χ3n) is 5.95. The first-order chi connectivity index (χ1) is 17.2. The second kappa shape index (κ2) is 9.49. The molecule has 4 rings (SSSR count). The van der Waals surface area contributed by atoms with Crippen LogP contribution in [0.4, 0.5) is 22.0 Å². The predicted molar refractivity (Wildman–Crippen MR) is 121 cm³/mol. The summed E-state index contributed by atoms with van der Waals surface area (Å²) in [4.78, 5) is 16.1. The van der Waals surface area contributed by atoms with Crippen LogP contribution in [0.1, 0.15) is 24.7 Å². The van der Waals surface area contributed by atoms with Gasteiger partial charge in [0.1, 0.15) is 23.2 Å². The largest absolute Gasteiger partial charge is 0.433 e.